The second-order valence-electron chi connectivity index (χ2n) is 6.39. The molecule has 3 atom stereocenters. The summed E-state index contributed by atoms with van der Waals surface area (Å²) in [6.07, 6.45) is 0. The van der Waals surface area contributed by atoms with Crippen molar-refractivity contribution in [2.45, 2.75) is 32.9 Å². The highest BCUT2D eigenvalue weighted by molar-refractivity contribution is 5.85. The Labute approximate surface area is 122 Å². The van der Waals surface area contributed by atoms with Gasteiger partial charge in [0.1, 0.15) is 0 Å². The highest BCUT2D eigenvalue weighted by Crippen LogP contribution is 2.33. The number of carbonyl (C=O) groups excluding carboxylic acids is 1. The molecular weight excluding hydrogens is 248 g/mol. The molecule has 0 aliphatic carbocycles. The average molecular weight is 274 g/mol. The van der Waals surface area contributed by atoms with Crippen LogP contribution < -0.4 is 0 Å². The zero-order valence-electron chi connectivity index (χ0n) is 13.2. The van der Waals surface area contributed by atoms with Crippen molar-refractivity contribution >= 4 is 5.91 Å². The molecule has 3 unspecified atom stereocenters. The van der Waals surface area contributed by atoms with Crippen molar-refractivity contribution < 1.29 is 4.79 Å². The summed E-state index contributed by atoms with van der Waals surface area (Å²) >= 11 is 0. The molecule has 0 saturated carbocycles. The average Bonchev–Trinajstić information content (AvgIpc) is 2.77. The van der Waals surface area contributed by atoms with Crippen LogP contribution in [0.3, 0.4) is 0 Å². The lowest BCUT2D eigenvalue weighted by molar-refractivity contribution is -0.133. The van der Waals surface area contributed by atoms with Crippen LogP contribution in [0, 0.1) is 11.8 Å². The number of rotatable bonds is 4. The molecular formula is C17H26N2O. The first-order valence-corrected chi connectivity index (χ1v) is 7.45. The maximum atomic E-state index is 12.8. The minimum atomic E-state index is 0.0150. The molecule has 1 saturated heterocycles. The van der Waals surface area contributed by atoms with Gasteiger partial charge in [-0.3, -0.25) is 9.69 Å². The third-order valence-corrected chi connectivity index (χ3v) is 4.51. The fourth-order valence-corrected chi connectivity index (χ4v) is 3.21. The van der Waals surface area contributed by atoms with Gasteiger partial charge in [0, 0.05) is 12.5 Å². The first kappa shape index (κ1) is 15.0. The molecule has 0 aromatic heterocycles. The number of benzene rings is 1. The SMILES string of the molecule is CC(C)C1CN(C(C)c2ccccc2)C(=O)C1N(C)C. The van der Waals surface area contributed by atoms with Crippen LogP contribution in [0.2, 0.25) is 0 Å². The topological polar surface area (TPSA) is 23.6 Å². The van der Waals surface area contributed by atoms with Crippen LogP contribution in [0.25, 0.3) is 0 Å². The summed E-state index contributed by atoms with van der Waals surface area (Å²) < 4.78 is 0. The van der Waals surface area contributed by atoms with E-state index in [0.29, 0.717) is 11.8 Å². The molecule has 3 heteroatoms. The second-order valence-corrected chi connectivity index (χ2v) is 6.39. The van der Waals surface area contributed by atoms with Gasteiger partial charge in [-0.15, -0.1) is 0 Å². The van der Waals surface area contributed by atoms with Crippen molar-refractivity contribution in [2.24, 2.45) is 11.8 Å². The van der Waals surface area contributed by atoms with Crippen molar-refractivity contribution in [1.29, 1.82) is 0 Å². The number of likely N-dealkylation sites (tertiary alicyclic amines) is 1. The van der Waals surface area contributed by atoms with Crippen LogP contribution in [-0.4, -0.2) is 42.4 Å². The molecule has 0 radical (unpaired) electrons. The number of likely N-dealkylation sites (N-methyl/N-ethyl adjacent to an activating group) is 1. The van der Waals surface area contributed by atoms with Gasteiger partial charge in [0.25, 0.3) is 0 Å². The molecule has 1 heterocycles. The fraction of sp³-hybridized carbons (Fsp3) is 0.588. The molecule has 1 aliphatic rings. The van der Waals surface area contributed by atoms with Crippen molar-refractivity contribution in [1.82, 2.24) is 9.80 Å². The molecule has 3 nitrogen and oxygen atoms in total. The Morgan fingerprint density at radius 2 is 1.75 bits per heavy atom. The Bertz CT molecular complexity index is 455. The number of amides is 1. The zero-order valence-corrected chi connectivity index (χ0v) is 13.2. The van der Waals surface area contributed by atoms with Gasteiger partial charge < -0.3 is 4.90 Å². The lowest BCUT2D eigenvalue weighted by Crippen LogP contribution is -2.41. The van der Waals surface area contributed by atoms with Crippen LogP contribution in [0.5, 0.6) is 0 Å². The van der Waals surface area contributed by atoms with Gasteiger partial charge in [0.15, 0.2) is 0 Å². The minimum absolute atomic E-state index is 0.0150. The first-order valence-electron chi connectivity index (χ1n) is 7.45. The summed E-state index contributed by atoms with van der Waals surface area (Å²) in [5.41, 5.74) is 1.21. The molecule has 1 amide bonds. The summed E-state index contributed by atoms with van der Waals surface area (Å²) in [6, 6.07) is 10.5. The first-order chi connectivity index (χ1) is 9.43. The van der Waals surface area contributed by atoms with Gasteiger partial charge >= 0.3 is 0 Å². The van der Waals surface area contributed by atoms with E-state index >= 15 is 0 Å². The summed E-state index contributed by atoms with van der Waals surface area (Å²) in [7, 11) is 4.02. The quantitative estimate of drug-likeness (QED) is 0.843. The van der Waals surface area contributed by atoms with E-state index in [0.717, 1.165) is 6.54 Å². The van der Waals surface area contributed by atoms with Crippen LogP contribution in [0.1, 0.15) is 32.4 Å². The Morgan fingerprint density at radius 3 is 2.20 bits per heavy atom. The molecule has 2 rings (SSSR count). The van der Waals surface area contributed by atoms with E-state index in [-0.39, 0.29) is 18.0 Å². The maximum Gasteiger partial charge on any atom is 0.240 e. The highest BCUT2D eigenvalue weighted by atomic mass is 16.2. The van der Waals surface area contributed by atoms with E-state index in [1.807, 2.05) is 37.2 Å². The third-order valence-electron chi connectivity index (χ3n) is 4.51. The zero-order chi connectivity index (χ0) is 14.9. The summed E-state index contributed by atoms with van der Waals surface area (Å²) in [6.45, 7) is 7.41. The Hall–Kier alpha value is -1.35. The van der Waals surface area contributed by atoms with Crippen molar-refractivity contribution in [3.05, 3.63) is 35.9 Å². The van der Waals surface area contributed by atoms with E-state index < -0.39 is 0 Å². The minimum Gasteiger partial charge on any atom is -0.334 e. The highest BCUT2D eigenvalue weighted by Gasteiger charge is 2.44. The van der Waals surface area contributed by atoms with Gasteiger partial charge in [-0.1, -0.05) is 44.2 Å². The van der Waals surface area contributed by atoms with Crippen LogP contribution in [0.15, 0.2) is 30.3 Å². The van der Waals surface area contributed by atoms with Gasteiger partial charge in [0.05, 0.1) is 12.1 Å². The smallest absolute Gasteiger partial charge is 0.240 e. The van der Waals surface area contributed by atoms with Gasteiger partial charge in [-0.2, -0.15) is 0 Å². The monoisotopic (exact) mass is 274 g/mol. The number of hydrogen-bond acceptors (Lipinski definition) is 2. The third kappa shape index (κ3) is 2.73. The van der Waals surface area contributed by atoms with Crippen molar-refractivity contribution in [3.63, 3.8) is 0 Å². The second kappa shape index (κ2) is 5.96. The largest absolute Gasteiger partial charge is 0.334 e. The fourth-order valence-electron chi connectivity index (χ4n) is 3.21. The predicted molar refractivity (Wildman–Crippen MR) is 82.4 cm³/mol. The lowest BCUT2D eigenvalue weighted by atomic mass is 9.90. The predicted octanol–water partition coefficient (Wildman–Crippen LogP) is 2.79. The van der Waals surface area contributed by atoms with E-state index in [2.05, 4.69) is 37.8 Å². The van der Waals surface area contributed by atoms with E-state index in [9.17, 15) is 4.79 Å². The van der Waals surface area contributed by atoms with Gasteiger partial charge in [-0.05, 0) is 32.5 Å². The van der Waals surface area contributed by atoms with E-state index in [4.69, 9.17) is 0 Å². The van der Waals surface area contributed by atoms with Crippen LogP contribution >= 0.6 is 0 Å². The molecule has 1 aliphatic heterocycles. The van der Waals surface area contributed by atoms with Crippen LogP contribution in [0.4, 0.5) is 0 Å². The van der Waals surface area contributed by atoms with E-state index in [1.54, 1.807) is 0 Å². The molecule has 0 bridgehead atoms. The van der Waals surface area contributed by atoms with E-state index in [1.165, 1.54) is 5.56 Å². The van der Waals surface area contributed by atoms with Gasteiger partial charge in [-0.25, -0.2) is 0 Å². The molecule has 1 aromatic rings. The Kier molecular flexibility index (Phi) is 4.48. The normalized spacial score (nSPS) is 24.8. The summed E-state index contributed by atoms with van der Waals surface area (Å²) in [5, 5.41) is 0. The Balaban J connectivity index is 2.24. The molecule has 1 aromatic carbocycles. The summed E-state index contributed by atoms with van der Waals surface area (Å²) in [4.78, 5) is 16.9. The molecule has 20 heavy (non-hydrogen) atoms. The Morgan fingerprint density at radius 1 is 1.15 bits per heavy atom. The molecule has 110 valence electrons. The van der Waals surface area contributed by atoms with Crippen molar-refractivity contribution in [2.75, 3.05) is 20.6 Å². The molecule has 0 N–H and O–H groups in total. The van der Waals surface area contributed by atoms with Crippen LogP contribution in [-0.2, 0) is 4.79 Å². The summed E-state index contributed by atoms with van der Waals surface area (Å²) in [5.74, 6) is 1.19. The lowest BCUT2D eigenvalue weighted by Gasteiger charge is -2.26. The number of nitrogens with zero attached hydrogens (tertiary/aromatic N) is 2. The molecule has 0 spiro atoms. The number of hydrogen-bond donors (Lipinski definition) is 0. The number of carbonyl (C=O) groups is 1. The maximum absolute atomic E-state index is 12.8. The van der Waals surface area contributed by atoms with Crippen molar-refractivity contribution in [3.8, 4) is 0 Å². The molecule has 1 fully saturated rings. The van der Waals surface area contributed by atoms with Gasteiger partial charge in [0.2, 0.25) is 5.91 Å². The standard InChI is InChI=1S/C17H26N2O/c1-12(2)15-11-19(17(20)16(15)18(4)5)13(3)14-9-7-6-8-10-14/h6-10,12-13,15-16H,11H2,1-5H3.